The molecule has 3 atom stereocenters. The van der Waals surface area contributed by atoms with Gasteiger partial charge in [-0.2, -0.15) is 0 Å². The number of rotatable bonds is 3. The van der Waals surface area contributed by atoms with Gasteiger partial charge in [-0.15, -0.1) is 0 Å². The molecule has 4 rings (SSSR count). The summed E-state index contributed by atoms with van der Waals surface area (Å²) in [6.07, 6.45) is 1.89. The zero-order chi connectivity index (χ0) is 22.3. The first-order chi connectivity index (χ1) is 14.7. The Bertz CT molecular complexity index is 1020. The monoisotopic (exact) mass is 444 g/mol. The summed E-state index contributed by atoms with van der Waals surface area (Å²) in [4.78, 5) is 27.5. The molecule has 164 valence electrons. The van der Waals surface area contributed by atoms with Crippen LogP contribution in [0.1, 0.15) is 40.0 Å². The molecule has 1 saturated carbocycles. The molecule has 0 bridgehead atoms. The second-order valence-corrected chi connectivity index (χ2v) is 9.59. The number of nitrogens with one attached hydrogen (secondary N) is 1. The lowest BCUT2D eigenvalue weighted by Crippen LogP contribution is -2.51. The van der Waals surface area contributed by atoms with Gasteiger partial charge >= 0.3 is 6.09 Å². The number of benzene rings is 2. The van der Waals surface area contributed by atoms with Crippen LogP contribution >= 0.6 is 11.6 Å². The van der Waals surface area contributed by atoms with Crippen LogP contribution in [0.25, 0.3) is 11.1 Å². The zero-order valence-electron chi connectivity index (χ0n) is 17.8. The number of nitrogens with zero attached hydrogens (tertiary/aromatic N) is 1. The van der Waals surface area contributed by atoms with Gasteiger partial charge in [0.1, 0.15) is 11.6 Å². The number of hydrogen-bond donors (Lipinski definition) is 1. The maximum atomic E-state index is 15.3. The van der Waals surface area contributed by atoms with Crippen molar-refractivity contribution in [3.63, 3.8) is 0 Å². The number of halogens is 2. The smallest absolute Gasteiger partial charge is 0.411 e. The van der Waals surface area contributed by atoms with E-state index in [1.54, 1.807) is 62.1 Å². The Balaban J connectivity index is 1.57. The van der Waals surface area contributed by atoms with E-state index < -0.39 is 29.5 Å². The quantitative estimate of drug-likeness (QED) is 0.643. The normalized spacial score (nSPS) is 22.5. The van der Waals surface area contributed by atoms with Gasteiger partial charge in [0.25, 0.3) is 0 Å². The van der Waals surface area contributed by atoms with Crippen molar-refractivity contribution in [1.29, 1.82) is 0 Å². The fourth-order valence-electron chi connectivity index (χ4n) is 4.37. The Morgan fingerprint density at radius 2 is 1.81 bits per heavy atom. The molecule has 2 aromatic carbocycles. The molecule has 1 N–H and O–H groups in total. The molecule has 31 heavy (non-hydrogen) atoms. The number of amides is 2. The van der Waals surface area contributed by atoms with E-state index in [1.165, 1.54) is 6.07 Å². The number of likely N-dealkylation sites (tertiary alicyclic amines) is 1. The number of fused-ring (bicyclic) bond motifs is 1. The van der Waals surface area contributed by atoms with Gasteiger partial charge in [0.05, 0.1) is 5.69 Å². The molecule has 3 unspecified atom stereocenters. The summed E-state index contributed by atoms with van der Waals surface area (Å²) in [5.74, 6) is -0.688. The molecule has 2 aliphatic rings. The summed E-state index contributed by atoms with van der Waals surface area (Å²) in [7, 11) is 0. The molecule has 1 aliphatic carbocycles. The zero-order valence-corrected chi connectivity index (χ0v) is 18.6. The first-order valence-corrected chi connectivity index (χ1v) is 10.9. The van der Waals surface area contributed by atoms with Crippen molar-refractivity contribution in [3.8, 4) is 11.1 Å². The molecule has 0 radical (unpaired) electrons. The number of hydrogen-bond acceptors (Lipinski definition) is 3. The molecule has 0 aromatic heterocycles. The summed E-state index contributed by atoms with van der Waals surface area (Å²) in [5, 5.41) is 3.12. The van der Waals surface area contributed by atoms with E-state index in [2.05, 4.69) is 5.32 Å². The van der Waals surface area contributed by atoms with Gasteiger partial charge in [0, 0.05) is 22.2 Å². The maximum Gasteiger partial charge on any atom is 0.411 e. The number of carbonyl (C=O) groups is 2. The standard InChI is InChI=1S/C24H26ClFN2O3/c1-24(2,3)31-23(30)28-19-12-11-14(19)13-20(28)22(29)27-18-10-6-8-16(21(18)26)15-7-4-5-9-17(15)25/h4-10,14,19-20H,11-13H2,1-3H3,(H,27,29). The van der Waals surface area contributed by atoms with Crippen molar-refractivity contribution in [2.24, 2.45) is 5.92 Å². The maximum absolute atomic E-state index is 15.3. The van der Waals surface area contributed by atoms with Crippen LogP contribution < -0.4 is 5.32 Å². The summed E-state index contributed by atoms with van der Waals surface area (Å²) >= 11 is 6.23. The minimum absolute atomic E-state index is 0.00454. The van der Waals surface area contributed by atoms with E-state index in [1.807, 2.05) is 0 Å². The molecule has 2 fully saturated rings. The van der Waals surface area contributed by atoms with Gasteiger partial charge in [0.15, 0.2) is 5.82 Å². The van der Waals surface area contributed by atoms with Crippen LogP contribution in [0.15, 0.2) is 42.5 Å². The minimum Gasteiger partial charge on any atom is -0.444 e. The summed E-state index contributed by atoms with van der Waals surface area (Å²) in [5.41, 5.74) is 0.256. The lowest BCUT2D eigenvalue weighted by Gasteiger charge is -2.37. The van der Waals surface area contributed by atoms with Gasteiger partial charge < -0.3 is 10.1 Å². The second kappa shape index (κ2) is 8.15. The summed E-state index contributed by atoms with van der Waals surface area (Å²) in [6, 6.07) is 11.1. The van der Waals surface area contributed by atoms with E-state index in [9.17, 15) is 9.59 Å². The lowest BCUT2D eigenvalue weighted by atomic mass is 9.80. The Labute approximate surface area is 186 Å². The highest BCUT2D eigenvalue weighted by molar-refractivity contribution is 6.33. The van der Waals surface area contributed by atoms with Crippen LogP contribution in [0.4, 0.5) is 14.9 Å². The third kappa shape index (κ3) is 4.26. The average molecular weight is 445 g/mol. The van der Waals surface area contributed by atoms with E-state index in [0.29, 0.717) is 22.6 Å². The molecule has 0 spiro atoms. The van der Waals surface area contributed by atoms with Crippen LogP contribution in [0.2, 0.25) is 5.02 Å². The molecule has 2 aromatic rings. The molecule has 1 aliphatic heterocycles. The highest BCUT2D eigenvalue weighted by Gasteiger charge is 2.52. The summed E-state index contributed by atoms with van der Waals surface area (Å²) < 4.78 is 20.8. The highest BCUT2D eigenvalue weighted by Crippen LogP contribution is 2.44. The van der Waals surface area contributed by atoms with Crippen molar-refractivity contribution >= 4 is 29.3 Å². The third-order valence-corrected chi connectivity index (χ3v) is 6.25. The minimum atomic E-state index is -0.685. The van der Waals surface area contributed by atoms with Crippen molar-refractivity contribution < 1.29 is 18.7 Å². The number of carbonyl (C=O) groups excluding carboxylic acids is 2. The molecule has 1 saturated heterocycles. The Kier molecular flexibility index (Phi) is 5.69. The van der Waals surface area contributed by atoms with Crippen LogP contribution in [0.5, 0.6) is 0 Å². The predicted octanol–water partition coefficient (Wildman–Crippen LogP) is 5.87. The molecule has 1 heterocycles. The molecule has 7 heteroatoms. The first kappa shape index (κ1) is 21.6. The van der Waals surface area contributed by atoms with Gasteiger partial charge in [-0.05, 0) is 58.1 Å². The number of ether oxygens (including phenoxy) is 1. The topological polar surface area (TPSA) is 58.6 Å². The fourth-order valence-corrected chi connectivity index (χ4v) is 4.60. The van der Waals surface area contributed by atoms with Crippen molar-refractivity contribution in [2.75, 3.05) is 5.32 Å². The van der Waals surface area contributed by atoms with Crippen molar-refractivity contribution in [2.45, 2.75) is 57.7 Å². The van der Waals surface area contributed by atoms with Gasteiger partial charge in [-0.25, -0.2) is 9.18 Å². The van der Waals surface area contributed by atoms with Crippen LogP contribution in [-0.2, 0) is 9.53 Å². The van der Waals surface area contributed by atoms with E-state index >= 15 is 4.39 Å². The molecule has 5 nitrogen and oxygen atoms in total. The summed E-state index contributed by atoms with van der Waals surface area (Å²) in [6.45, 7) is 5.39. The van der Waals surface area contributed by atoms with Gasteiger partial charge in [-0.1, -0.05) is 41.9 Å². The Hall–Kier alpha value is -2.60. The van der Waals surface area contributed by atoms with E-state index in [0.717, 1.165) is 12.8 Å². The first-order valence-electron chi connectivity index (χ1n) is 10.5. The van der Waals surface area contributed by atoms with Gasteiger partial charge in [-0.3, -0.25) is 9.69 Å². The fraction of sp³-hybridized carbons (Fsp3) is 0.417. The van der Waals surface area contributed by atoms with E-state index in [4.69, 9.17) is 16.3 Å². The average Bonchev–Trinajstić information content (AvgIpc) is 2.93. The Morgan fingerprint density at radius 1 is 1.10 bits per heavy atom. The number of anilines is 1. The highest BCUT2D eigenvalue weighted by atomic mass is 35.5. The van der Waals surface area contributed by atoms with Crippen LogP contribution in [-0.4, -0.2) is 34.6 Å². The van der Waals surface area contributed by atoms with Crippen molar-refractivity contribution in [3.05, 3.63) is 53.3 Å². The van der Waals surface area contributed by atoms with Crippen LogP contribution in [0, 0.1) is 11.7 Å². The second-order valence-electron chi connectivity index (χ2n) is 9.18. The van der Waals surface area contributed by atoms with E-state index in [-0.39, 0.29) is 17.6 Å². The third-order valence-electron chi connectivity index (χ3n) is 5.92. The predicted molar refractivity (Wildman–Crippen MR) is 118 cm³/mol. The lowest BCUT2D eigenvalue weighted by molar-refractivity contribution is -0.120. The largest absolute Gasteiger partial charge is 0.444 e. The van der Waals surface area contributed by atoms with Gasteiger partial charge in [0.2, 0.25) is 5.91 Å². The van der Waals surface area contributed by atoms with Crippen molar-refractivity contribution in [1.82, 2.24) is 4.90 Å². The molecular formula is C24H26ClFN2O3. The SMILES string of the molecule is CC(C)(C)OC(=O)N1C(C(=O)Nc2cccc(-c3ccccc3Cl)c2F)CC2CCC21. The van der Waals surface area contributed by atoms with Crippen LogP contribution in [0.3, 0.4) is 0 Å². The Morgan fingerprint density at radius 3 is 2.45 bits per heavy atom. The molecule has 2 amide bonds. The molecular weight excluding hydrogens is 419 g/mol.